The van der Waals surface area contributed by atoms with Crippen LogP contribution in [0.3, 0.4) is 0 Å². The third kappa shape index (κ3) is 2.48. The van der Waals surface area contributed by atoms with Gasteiger partial charge in [0.15, 0.2) is 0 Å². The summed E-state index contributed by atoms with van der Waals surface area (Å²) in [5.41, 5.74) is -0.0487. The van der Waals surface area contributed by atoms with Crippen LogP contribution in [0.4, 0.5) is 0 Å². The van der Waals surface area contributed by atoms with E-state index in [4.69, 9.17) is 5.11 Å². The molecule has 0 spiro atoms. The van der Waals surface area contributed by atoms with Gasteiger partial charge in [-0.2, -0.15) is 0 Å². The molecule has 2 unspecified atom stereocenters. The van der Waals surface area contributed by atoms with Gasteiger partial charge in [0, 0.05) is 18.5 Å². The fourth-order valence-corrected chi connectivity index (χ4v) is 1.88. The van der Waals surface area contributed by atoms with E-state index in [1.807, 2.05) is 0 Å². The highest BCUT2D eigenvalue weighted by molar-refractivity contribution is 5.82. The van der Waals surface area contributed by atoms with Gasteiger partial charge in [-0.15, -0.1) is 0 Å². The second kappa shape index (κ2) is 4.08. The Hall–Kier alpha value is -0.650. The van der Waals surface area contributed by atoms with Gasteiger partial charge >= 0.3 is 0 Å². The Morgan fingerprint density at radius 2 is 2.27 bits per heavy atom. The van der Waals surface area contributed by atoms with Crippen LogP contribution in [0.1, 0.15) is 19.3 Å². The van der Waals surface area contributed by atoms with Crippen molar-refractivity contribution in [3.8, 4) is 0 Å². The van der Waals surface area contributed by atoms with Crippen LogP contribution >= 0.6 is 0 Å². The number of aliphatic hydroxyl groups is 2. The zero-order valence-electron chi connectivity index (χ0n) is 8.70. The number of hydrogen-bond donors (Lipinski definition) is 4. The van der Waals surface area contributed by atoms with Gasteiger partial charge in [0.2, 0.25) is 5.91 Å². The molecule has 1 saturated carbocycles. The minimum Gasteiger partial charge on any atom is -0.396 e. The van der Waals surface area contributed by atoms with Gasteiger partial charge in [-0.05, 0) is 19.3 Å². The lowest BCUT2D eigenvalue weighted by Gasteiger charge is -2.15. The molecule has 15 heavy (non-hydrogen) atoms. The highest BCUT2D eigenvalue weighted by atomic mass is 16.3. The van der Waals surface area contributed by atoms with E-state index in [-0.39, 0.29) is 24.0 Å². The average molecular weight is 214 g/mol. The molecule has 1 aliphatic heterocycles. The van der Waals surface area contributed by atoms with Crippen LogP contribution in [0.25, 0.3) is 0 Å². The van der Waals surface area contributed by atoms with Crippen LogP contribution in [0.5, 0.6) is 0 Å². The molecule has 1 aliphatic carbocycles. The molecule has 0 bridgehead atoms. The Bertz CT molecular complexity index is 253. The summed E-state index contributed by atoms with van der Waals surface area (Å²) in [5, 5.41) is 24.1. The monoisotopic (exact) mass is 214 g/mol. The van der Waals surface area contributed by atoms with Gasteiger partial charge in [0.05, 0.1) is 18.8 Å². The van der Waals surface area contributed by atoms with Crippen LogP contribution in [-0.2, 0) is 4.79 Å². The van der Waals surface area contributed by atoms with Gasteiger partial charge in [0.25, 0.3) is 0 Å². The molecular formula is C10H18N2O3. The average Bonchev–Trinajstić information content (AvgIpc) is 2.90. The van der Waals surface area contributed by atoms with Crippen molar-refractivity contribution >= 4 is 5.91 Å². The third-order valence-electron chi connectivity index (χ3n) is 3.35. The second-order valence-electron chi connectivity index (χ2n) is 4.73. The number of carbonyl (C=O) groups is 1. The summed E-state index contributed by atoms with van der Waals surface area (Å²) in [6, 6.07) is -0.269. The minimum atomic E-state index is -0.409. The number of carbonyl (C=O) groups excluding carboxylic acids is 1. The van der Waals surface area contributed by atoms with Crippen LogP contribution in [0.2, 0.25) is 0 Å². The van der Waals surface area contributed by atoms with E-state index in [1.165, 1.54) is 0 Å². The maximum Gasteiger partial charge on any atom is 0.237 e. The summed E-state index contributed by atoms with van der Waals surface area (Å²) in [6.45, 7) is 1.19. The number of rotatable bonds is 4. The molecular weight excluding hydrogens is 196 g/mol. The Morgan fingerprint density at radius 3 is 2.73 bits per heavy atom. The van der Waals surface area contributed by atoms with E-state index in [1.54, 1.807) is 0 Å². The molecule has 2 aliphatic rings. The van der Waals surface area contributed by atoms with E-state index < -0.39 is 6.10 Å². The van der Waals surface area contributed by atoms with E-state index in [2.05, 4.69) is 10.6 Å². The molecule has 4 N–H and O–H groups in total. The number of nitrogens with one attached hydrogen (secondary N) is 2. The minimum absolute atomic E-state index is 0.0487. The highest BCUT2D eigenvalue weighted by Gasteiger charge is 2.42. The molecule has 2 atom stereocenters. The first-order valence-electron chi connectivity index (χ1n) is 5.45. The van der Waals surface area contributed by atoms with Crippen molar-refractivity contribution in [2.45, 2.75) is 31.4 Å². The zero-order valence-corrected chi connectivity index (χ0v) is 8.70. The number of aliphatic hydroxyl groups excluding tert-OH is 2. The summed E-state index contributed by atoms with van der Waals surface area (Å²) < 4.78 is 0. The first-order chi connectivity index (χ1) is 7.15. The first kappa shape index (κ1) is 10.9. The molecule has 0 radical (unpaired) electrons. The molecule has 2 rings (SSSR count). The molecule has 0 aromatic rings. The molecule has 1 amide bonds. The Balaban J connectivity index is 1.73. The predicted molar refractivity (Wildman–Crippen MR) is 54.2 cm³/mol. The molecule has 1 saturated heterocycles. The Labute approximate surface area is 88.9 Å². The first-order valence-corrected chi connectivity index (χ1v) is 5.45. The van der Waals surface area contributed by atoms with E-state index >= 15 is 0 Å². The smallest absolute Gasteiger partial charge is 0.237 e. The molecule has 5 nitrogen and oxygen atoms in total. The zero-order chi connectivity index (χ0) is 10.9. The molecule has 86 valence electrons. The van der Waals surface area contributed by atoms with Crippen molar-refractivity contribution in [3.63, 3.8) is 0 Å². The fraction of sp³-hybridized carbons (Fsp3) is 0.900. The highest BCUT2D eigenvalue weighted by Crippen LogP contribution is 2.44. The maximum absolute atomic E-state index is 11.6. The van der Waals surface area contributed by atoms with Crippen LogP contribution in [0.15, 0.2) is 0 Å². The standard InChI is InChI=1S/C10H18N2O3/c13-6-10(1-2-10)5-12-9(15)8-3-7(14)4-11-8/h7-8,11,13-14H,1-6H2,(H,12,15). The van der Waals surface area contributed by atoms with E-state index in [0.717, 1.165) is 12.8 Å². The second-order valence-corrected chi connectivity index (χ2v) is 4.73. The molecule has 0 aromatic heterocycles. The van der Waals surface area contributed by atoms with Crippen LogP contribution < -0.4 is 10.6 Å². The fourth-order valence-electron chi connectivity index (χ4n) is 1.88. The normalized spacial score (nSPS) is 32.7. The van der Waals surface area contributed by atoms with Gasteiger partial charge in [-0.1, -0.05) is 0 Å². The van der Waals surface area contributed by atoms with Crippen LogP contribution in [0, 0.1) is 5.41 Å². The summed E-state index contributed by atoms with van der Waals surface area (Å²) in [6.07, 6.45) is 2.06. The molecule has 1 heterocycles. The van der Waals surface area contributed by atoms with Gasteiger partial charge in [-0.3, -0.25) is 4.79 Å². The number of amides is 1. The third-order valence-corrected chi connectivity index (χ3v) is 3.35. The summed E-state index contributed by atoms with van der Waals surface area (Å²) in [4.78, 5) is 11.6. The van der Waals surface area contributed by atoms with Crippen molar-refractivity contribution in [2.24, 2.45) is 5.41 Å². The Morgan fingerprint density at radius 1 is 1.53 bits per heavy atom. The summed E-state index contributed by atoms with van der Waals surface area (Å²) in [5.74, 6) is -0.0636. The van der Waals surface area contributed by atoms with Crippen LogP contribution in [-0.4, -0.2) is 48.0 Å². The molecule has 0 aromatic carbocycles. The lowest BCUT2D eigenvalue weighted by atomic mass is 10.1. The van der Waals surface area contributed by atoms with Crippen molar-refractivity contribution in [3.05, 3.63) is 0 Å². The predicted octanol–water partition coefficient (Wildman–Crippen LogP) is -1.40. The van der Waals surface area contributed by atoms with Gasteiger partial charge in [0.1, 0.15) is 0 Å². The maximum atomic E-state index is 11.6. The van der Waals surface area contributed by atoms with Gasteiger partial charge < -0.3 is 20.8 Å². The number of hydrogen-bond acceptors (Lipinski definition) is 4. The van der Waals surface area contributed by atoms with Crippen molar-refractivity contribution in [1.82, 2.24) is 10.6 Å². The summed E-state index contributed by atoms with van der Waals surface area (Å²) >= 11 is 0. The SMILES string of the molecule is O=C(NCC1(CO)CC1)C1CC(O)CN1. The van der Waals surface area contributed by atoms with Crippen molar-refractivity contribution in [1.29, 1.82) is 0 Å². The largest absolute Gasteiger partial charge is 0.396 e. The van der Waals surface area contributed by atoms with Crippen molar-refractivity contribution in [2.75, 3.05) is 19.7 Å². The lowest BCUT2D eigenvalue weighted by molar-refractivity contribution is -0.123. The van der Waals surface area contributed by atoms with Gasteiger partial charge in [-0.25, -0.2) is 0 Å². The quantitative estimate of drug-likeness (QED) is 0.464. The van der Waals surface area contributed by atoms with Crippen molar-refractivity contribution < 1.29 is 15.0 Å². The van der Waals surface area contributed by atoms with E-state index in [9.17, 15) is 9.90 Å². The van der Waals surface area contributed by atoms with E-state index in [0.29, 0.717) is 19.5 Å². The molecule has 5 heteroatoms. The summed E-state index contributed by atoms with van der Waals surface area (Å²) in [7, 11) is 0. The lowest BCUT2D eigenvalue weighted by Crippen LogP contribution is -2.43. The topological polar surface area (TPSA) is 81.6 Å². The molecule has 2 fully saturated rings. The Kier molecular flexibility index (Phi) is 2.95. The number of β-amino-alcohol motifs (C(OH)–C–C–N with tert-alkyl or cyclic N) is 1.